The highest BCUT2D eigenvalue weighted by Gasteiger charge is 2.30. The second-order valence-corrected chi connectivity index (χ2v) is 4.98. The number of alkyl halides is 3. The van der Waals surface area contributed by atoms with Gasteiger partial charge in [-0.25, -0.2) is 0 Å². The van der Waals surface area contributed by atoms with Crippen LogP contribution >= 0.6 is 12.2 Å². The van der Waals surface area contributed by atoms with Crippen LogP contribution in [-0.2, 0) is 12.7 Å². The Bertz CT molecular complexity index is 721. The van der Waals surface area contributed by atoms with Crippen LogP contribution < -0.4 is 11.2 Å². The SMILES string of the molecule is C/C(Cn1nnc(-c2ccc(C(F)(F)F)cc2)n1)=N\NC(N)=S. The molecule has 0 saturated heterocycles. The van der Waals surface area contributed by atoms with Crippen molar-refractivity contribution in [3.05, 3.63) is 29.8 Å². The summed E-state index contributed by atoms with van der Waals surface area (Å²) in [6.07, 6.45) is -4.38. The number of hydrazone groups is 1. The highest BCUT2D eigenvalue weighted by molar-refractivity contribution is 7.80. The minimum Gasteiger partial charge on any atom is -0.375 e. The Balaban J connectivity index is 2.10. The summed E-state index contributed by atoms with van der Waals surface area (Å²) >= 11 is 4.61. The van der Waals surface area contributed by atoms with Crippen LogP contribution in [0.1, 0.15) is 12.5 Å². The Labute approximate surface area is 134 Å². The van der Waals surface area contributed by atoms with Crippen LogP contribution in [0.15, 0.2) is 29.4 Å². The van der Waals surface area contributed by atoms with Crippen molar-refractivity contribution in [3.8, 4) is 11.4 Å². The van der Waals surface area contributed by atoms with Crippen molar-refractivity contribution in [1.29, 1.82) is 0 Å². The fraction of sp³-hybridized carbons (Fsp3) is 0.250. The number of thiocarbonyl (C=S) groups is 1. The molecule has 0 atom stereocenters. The molecule has 2 rings (SSSR count). The monoisotopic (exact) mass is 343 g/mol. The van der Waals surface area contributed by atoms with E-state index in [2.05, 4.69) is 38.2 Å². The maximum Gasteiger partial charge on any atom is 0.416 e. The molecule has 122 valence electrons. The Kier molecular flexibility index (Phi) is 4.89. The van der Waals surface area contributed by atoms with Crippen molar-refractivity contribution in [3.63, 3.8) is 0 Å². The predicted molar refractivity (Wildman–Crippen MR) is 81.3 cm³/mol. The number of benzene rings is 1. The van der Waals surface area contributed by atoms with Crippen LogP contribution in [0.5, 0.6) is 0 Å². The van der Waals surface area contributed by atoms with Crippen LogP contribution in [0.25, 0.3) is 11.4 Å². The summed E-state index contributed by atoms with van der Waals surface area (Å²) in [5.41, 5.74) is 7.95. The van der Waals surface area contributed by atoms with E-state index in [1.54, 1.807) is 6.92 Å². The quantitative estimate of drug-likeness (QED) is 0.497. The maximum atomic E-state index is 12.5. The van der Waals surface area contributed by atoms with Crippen molar-refractivity contribution < 1.29 is 13.2 Å². The lowest BCUT2D eigenvalue weighted by Crippen LogP contribution is -2.26. The van der Waals surface area contributed by atoms with E-state index in [0.29, 0.717) is 11.3 Å². The van der Waals surface area contributed by atoms with Crippen LogP contribution in [0, 0.1) is 0 Å². The predicted octanol–water partition coefficient (Wildman–Crippen LogP) is 1.57. The highest BCUT2D eigenvalue weighted by Crippen LogP contribution is 2.30. The lowest BCUT2D eigenvalue weighted by molar-refractivity contribution is -0.137. The molecule has 2 aromatic rings. The van der Waals surface area contributed by atoms with Gasteiger partial charge in [0.15, 0.2) is 5.11 Å². The summed E-state index contributed by atoms with van der Waals surface area (Å²) in [6, 6.07) is 4.52. The summed E-state index contributed by atoms with van der Waals surface area (Å²) in [5.74, 6) is 0.217. The van der Waals surface area contributed by atoms with Crippen molar-refractivity contribution in [1.82, 2.24) is 25.6 Å². The van der Waals surface area contributed by atoms with E-state index in [1.165, 1.54) is 16.9 Å². The molecule has 0 aliphatic rings. The molecule has 0 fully saturated rings. The van der Waals surface area contributed by atoms with Gasteiger partial charge in [-0.05, 0) is 36.5 Å². The molecular formula is C12H12F3N7S. The molecular weight excluding hydrogens is 331 g/mol. The van der Waals surface area contributed by atoms with Gasteiger partial charge >= 0.3 is 6.18 Å². The summed E-state index contributed by atoms with van der Waals surface area (Å²) in [4.78, 5) is 1.26. The molecule has 0 unspecified atom stereocenters. The van der Waals surface area contributed by atoms with Gasteiger partial charge in [0.05, 0.1) is 11.3 Å². The third-order valence-electron chi connectivity index (χ3n) is 2.65. The van der Waals surface area contributed by atoms with Crippen LogP contribution in [0.3, 0.4) is 0 Å². The molecule has 1 heterocycles. The highest BCUT2D eigenvalue weighted by atomic mass is 32.1. The van der Waals surface area contributed by atoms with Crippen molar-refractivity contribution in [2.24, 2.45) is 10.8 Å². The van der Waals surface area contributed by atoms with E-state index in [4.69, 9.17) is 5.73 Å². The molecule has 0 amide bonds. The number of nitrogens with two attached hydrogens (primary N) is 1. The van der Waals surface area contributed by atoms with Crippen molar-refractivity contribution in [2.45, 2.75) is 19.6 Å². The van der Waals surface area contributed by atoms with E-state index in [0.717, 1.165) is 12.1 Å². The van der Waals surface area contributed by atoms with Gasteiger partial charge in [0.25, 0.3) is 0 Å². The first kappa shape index (κ1) is 16.8. The van der Waals surface area contributed by atoms with Gasteiger partial charge in [0.1, 0.15) is 6.54 Å². The molecule has 0 aliphatic carbocycles. The number of halogens is 3. The molecule has 0 spiro atoms. The first-order valence-corrected chi connectivity index (χ1v) is 6.70. The first-order valence-electron chi connectivity index (χ1n) is 6.30. The summed E-state index contributed by atoms with van der Waals surface area (Å²) in [5, 5.41) is 15.6. The van der Waals surface area contributed by atoms with Crippen molar-refractivity contribution >= 4 is 23.0 Å². The van der Waals surface area contributed by atoms with Gasteiger partial charge in [-0.1, -0.05) is 12.1 Å². The lowest BCUT2D eigenvalue weighted by Gasteiger charge is -2.05. The molecule has 0 saturated carbocycles. The number of hydrogen-bond acceptors (Lipinski definition) is 5. The third kappa shape index (κ3) is 4.71. The number of nitrogens with one attached hydrogen (secondary N) is 1. The van der Waals surface area contributed by atoms with Crippen LogP contribution in [0.4, 0.5) is 13.2 Å². The summed E-state index contributed by atoms with van der Waals surface area (Å²) in [6.45, 7) is 1.93. The minimum atomic E-state index is -4.38. The number of rotatable bonds is 4. The molecule has 3 N–H and O–H groups in total. The van der Waals surface area contributed by atoms with E-state index in [1.807, 2.05) is 0 Å². The average Bonchev–Trinajstić information content (AvgIpc) is 2.93. The summed E-state index contributed by atoms with van der Waals surface area (Å²) < 4.78 is 37.5. The standard InChI is InChI=1S/C12H12F3N7S/c1-7(17-19-11(16)23)6-22-20-10(18-21-22)8-2-4-9(5-3-8)12(13,14)15/h2-5H,6H2,1H3,(H3,16,19,23)/b17-7+. The zero-order valence-corrected chi connectivity index (χ0v) is 12.7. The van der Waals surface area contributed by atoms with Crippen molar-refractivity contribution in [2.75, 3.05) is 0 Å². The minimum absolute atomic E-state index is 0.0290. The Morgan fingerprint density at radius 3 is 2.57 bits per heavy atom. The smallest absolute Gasteiger partial charge is 0.375 e. The lowest BCUT2D eigenvalue weighted by atomic mass is 10.1. The van der Waals surface area contributed by atoms with E-state index >= 15 is 0 Å². The Morgan fingerprint density at radius 1 is 1.35 bits per heavy atom. The van der Waals surface area contributed by atoms with E-state index in [9.17, 15) is 13.2 Å². The molecule has 11 heteroatoms. The van der Waals surface area contributed by atoms with Crippen LogP contribution in [-0.4, -0.2) is 31.0 Å². The fourth-order valence-corrected chi connectivity index (χ4v) is 1.67. The second kappa shape index (κ2) is 6.69. The van der Waals surface area contributed by atoms with E-state index in [-0.39, 0.29) is 17.5 Å². The maximum absolute atomic E-state index is 12.5. The number of hydrogen-bond donors (Lipinski definition) is 2. The molecule has 1 aromatic heterocycles. The fourth-order valence-electron chi connectivity index (χ4n) is 1.62. The third-order valence-corrected chi connectivity index (χ3v) is 2.74. The first-order chi connectivity index (χ1) is 10.8. The number of tetrazole rings is 1. The largest absolute Gasteiger partial charge is 0.416 e. The normalized spacial score (nSPS) is 12.3. The zero-order chi connectivity index (χ0) is 17.0. The molecule has 0 bridgehead atoms. The Hall–Kier alpha value is -2.56. The molecule has 23 heavy (non-hydrogen) atoms. The van der Waals surface area contributed by atoms with E-state index < -0.39 is 11.7 Å². The molecule has 0 radical (unpaired) electrons. The average molecular weight is 343 g/mol. The van der Waals surface area contributed by atoms with Gasteiger partial charge in [0.2, 0.25) is 5.82 Å². The van der Waals surface area contributed by atoms with Crippen LogP contribution in [0.2, 0.25) is 0 Å². The molecule has 0 aliphatic heterocycles. The number of nitrogens with zero attached hydrogens (tertiary/aromatic N) is 5. The zero-order valence-electron chi connectivity index (χ0n) is 11.9. The Morgan fingerprint density at radius 2 is 2.00 bits per heavy atom. The molecule has 7 nitrogen and oxygen atoms in total. The second-order valence-electron chi connectivity index (χ2n) is 4.54. The van der Waals surface area contributed by atoms with Gasteiger partial charge in [-0.2, -0.15) is 23.1 Å². The topological polar surface area (TPSA) is 94.0 Å². The van der Waals surface area contributed by atoms with Gasteiger partial charge in [-0.15, -0.1) is 10.2 Å². The van der Waals surface area contributed by atoms with Gasteiger partial charge in [-0.3, -0.25) is 5.43 Å². The molecule has 1 aromatic carbocycles. The van der Waals surface area contributed by atoms with Gasteiger partial charge < -0.3 is 5.73 Å². The summed E-state index contributed by atoms with van der Waals surface area (Å²) in [7, 11) is 0. The number of aromatic nitrogens is 4. The van der Waals surface area contributed by atoms with Gasteiger partial charge in [0, 0.05) is 5.56 Å².